The SMILES string of the molecule is N#Cc1ccccc1CNc1ncccn1. The first-order valence-corrected chi connectivity index (χ1v) is 4.89. The Kier molecular flexibility index (Phi) is 3.10. The van der Waals surface area contributed by atoms with Crippen molar-refractivity contribution in [2.75, 3.05) is 5.32 Å². The highest BCUT2D eigenvalue weighted by Gasteiger charge is 2.00. The molecule has 2 aromatic rings. The predicted molar refractivity (Wildman–Crippen MR) is 60.5 cm³/mol. The third-order valence-electron chi connectivity index (χ3n) is 2.14. The van der Waals surface area contributed by atoms with Crippen molar-refractivity contribution < 1.29 is 0 Å². The molecule has 0 saturated heterocycles. The second kappa shape index (κ2) is 4.89. The van der Waals surface area contributed by atoms with E-state index >= 15 is 0 Å². The number of nitrogens with one attached hydrogen (secondary N) is 1. The fourth-order valence-electron chi connectivity index (χ4n) is 1.35. The summed E-state index contributed by atoms with van der Waals surface area (Å²) in [7, 11) is 0. The fraction of sp³-hybridized carbons (Fsp3) is 0.0833. The lowest BCUT2D eigenvalue weighted by Crippen LogP contribution is -2.04. The van der Waals surface area contributed by atoms with Crippen LogP contribution in [0.4, 0.5) is 5.95 Å². The van der Waals surface area contributed by atoms with Gasteiger partial charge in [0.15, 0.2) is 0 Å². The van der Waals surface area contributed by atoms with E-state index in [1.165, 1.54) is 0 Å². The lowest BCUT2D eigenvalue weighted by molar-refractivity contribution is 1.05. The molecule has 16 heavy (non-hydrogen) atoms. The van der Waals surface area contributed by atoms with Gasteiger partial charge in [-0.05, 0) is 17.7 Å². The summed E-state index contributed by atoms with van der Waals surface area (Å²) in [6.07, 6.45) is 3.34. The van der Waals surface area contributed by atoms with Crippen LogP contribution in [0.5, 0.6) is 0 Å². The van der Waals surface area contributed by atoms with E-state index in [9.17, 15) is 0 Å². The van der Waals surface area contributed by atoms with Gasteiger partial charge in [-0.25, -0.2) is 9.97 Å². The summed E-state index contributed by atoms with van der Waals surface area (Å²) in [6, 6.07) is 11.4. The van der Waals surface area contributed by atoms with Crippen LogP contribution in [0.3, 0.4) is 0 Å². The number of hydrogen-bond donors (Lipinski definition) is 1. The zero-order valence-corrected chi connectivity index (χ0v) is 8.59. The number of nitrogens with zero attached hydrogens (tertiary/aromatic N) is 3. The van der Waals surface area contributed by atoms with Crippen molar-refractivity contribution in [1.29, 1.82) is 5.26 Å². The average Bonchev–Trinajstić information content (AvgIpc) is 2.38. The number of aromatic nitrogens is 2. The molecule has 0 saturated carbocycles. The van der Waals surface area contributed by atoms with Crippen molar-refractivity contribution in [1.82, 2.24) is 9.97 Å². The summed E-state index contributed by atoms with van der Waals surface area (Å²) in [5, 5.41) is 12.0. The van der Waals surface area contributed by atoms with E-state index in [1.54, 1.807) is 24.5 Å². The maximum atomic E-state index is 8.91. The van der Waals surface area contributed by atoms with Crippen LogP contribution in [-0.2, 0) is 6.54 Å². The van der Waals surface area contributed by atoms with Crippen molar-refractivity contribution in [2.45, 2.75) is 6.54 Å². The molecular weight excluding hydrogens is 200 g/mol. The largest absolute Gasteiger partial charge is 0.350 e. The van der Waals surface area contributed by atoms with Gasteiger partial charge in [0.1, 0.15) is 0 Å². The number of nitriles is 1. The Bertz CT molecular complexity index is 502. The van der Waals surface area contributed by atoms with Crippen molar-refractivity contribution in [3.63, 3.8) is 0 Å². The maximum absolute atomic E-state index is 8.91. The van der Waals surface area contributed by atoms with Gasteiger partial charge in [-0.1, -0.05) is 18.2 Å². The molecule has 1 aromatic carbocycles. The molecule has 0 aliphatic carbocycles. The van der Waals surface area contributed by atoms with Crippen molar-refractivity contribution >= 4 is 5.95 Å². The molecule has 0 amide bonds. The predicted octanol–water partition coefficient (Wildman–Crippen LogP) is 1.96. The molecule has 0 spiro atoms. The first-order valence-electron chi connectivity index (χ1n) is 4.89. The zero-order valence-electron chi connectivity index (χ0n) is 8.59. The summed E-state index contributed by atoms with van der Waals surface area (Å²) in [6.45, 7) is 0.549. The second-order valence-electron chi connectivity index (χ2n) is 3.19. The Labute approximate surface area is 93.6 Å². The summed E-state index contributed by atoms with van der Waals surface area (Å²) in [4.78, 5) is 8.09. The first-order chi connectivity index (χ1) is 7.90. The minimum atomic E-state index is 0.549. The van der Waals surface area contributed by atoms with Crippen LogP contribution in [-0.4, -0.2) is 9.97 Å². The molecule has 1 heterocycles. The Morgan fingerprint density at radius 2 is 1.88 bits per heavy atom. The summed E-state index contributed by atoms with van der Waals surface area (Å²) < 4.78 is 0. The molecular formula is C12H10N4. The average molecular weight is 210 g/mol. The molecule has 0 bridgehead atoms. The normalized spacial score (nSPS) is 9.44. The molecule has 4 heteroatoms. The lowest BCUT2D eigenvalue weighted by Gasteiger charge is -2.05. The zero-order chi connectivity index (χ0) is 11.2. The monoisotopic (exact) mass is 210 g/mol. The van der Waals surface area contributed by atoms with E-state index < -0.39 is 0 Å². The molecule has 0 radical (unpaired) electrons. The minimum absolute atomic E-state index is 0.549. The highest BCUT2D eigenvalue weighted by Crippen LogP contribution is 2.08. The van der Waals surface area contributed by atoms with E-state index in [2.05, 4.69) is 21.4 Å². The number of hydrogen-bond acceptors (Lipinski definition) is 4. The smallest absolute Gasteiger partial charge is 0.222 e. The van der Waals surface area contributed by atoms with Crippen LogP contribution in [0.25, 0.3) is 0 Å². The Morgan fingerprint density at radius 1 is 1.12 bits per heavy atom. The highest BCUT2D eigenvalue weighted by molar-refractivity contribution is 5.39. The molecule has 1 N–H and O–H groups in total. The van der Waals surface area contributed by atoms with Gasteiger partial charge in [-0.15, -0.1) is 0 Å². The van der Waals surface area contributed by atoms with Gasteiger partial charge >= 0.3 is 0 Å². The third kappa shape index (κ3) is 2.34. The van der Waals surface area contributed by atoms with Crippen LogP contribution in [0.15, 0.2) is 42.7 Å². The van der Waals surface area contributed by atoms with Crippen LogP contribution in [0.1, 0.15) is 11.1 Å². The fourth-order valence-corrected chi connectivity index (χ4v) is 1.35. The quantitative estimate of drug-likeness (QED) is 0.841. The van der Waals surface area contributed by atoms with Gasteiger partial charge in [-0.3, -0.25) is 0 Å². The second-order valence-corrected chi connectivity index (χ2v) is 3.19. The Balaban J connectivity index is 2.09. The van der Waals surface area contributed by atoms with Crippen LogP contribution < -0.4 is 5.32 Å². The molecule has 78 valence electrons. The van der Waals surface area contributed by atoms with Crippen molar-refractivity contribution in [2.24, 2.45) is 0 Å². The van der Waals surface area contributed by atoms with Crippen molar-refractivity contribution in [3.8, 4) is 6.07 Å². The molecule has 0 aliphatic rings. The van der Waals surface area contributed by atoms with Gasteiger partial charge in [0.2, 0.25) is 5.95 Å². The van der Waals surface area contributed by atoms with Gasteiger partial charge in [0, 0.05) is 18.9 Å². The Hall–Kier alpha value is -2.41. The molecule has 4 nitrogen and oxygen atoms in total. The van der Waals surface area contributed by atoms with E-state index in [0.29, 0.717) is 18.1 Å². The third-order valence-corrected chi connectivity index (χ3v) is 2.14. The van der Waals surface area contributed by atoms with Gasteiger partial charge in [0.25, 0.3) is 0 Å². The van der Waals surface area contributed by atoms with Crippen molar-refractivity contribution in [3.05, 3.63) is 53.9 Å². The summed E-state index contributed by atoms with van der Waals surface area (Å²) >= 11 is 0. The van der Waals surface area contributed by atoms with E-state index in [1.807, 2.05) is 18.2 Å². The van der Waals surface area contributed by atoms with E-state index in [4.69, 9.17) is 5.26 Å². The van der Waals surface area contributed by atoms with E-state index in [0.717, 1.165) is 5.56 Å². The number of benzene rings is 1. The van der Waals surface area contributed by atoms with Gasteiger partial charge < -0.3 is 5.32 Å². The highest BCUT2D eigenvalue weighted by atomic mass is 15.1. The summed E-state index contributed by atoms with van der Waals surface area (Å²) in [5.41, 5.74) is 1.61. The molecule has 0 aliphatic heterocycles. The maximum Gasteiger partial charge on any atom is 0.222 e. The minimum Gasteiger partial charge on any atom is -0.350 e. The number of rotatable bonds is 3. The van der Waals surface area contributed by atoms with Crippen LogP contribution in [0.2, 0.25) is 0 Å². The standard InChI is InChI=1S/C12H10N4/c13-8-10-4-1-2-5-11(10)9-16-12-14-6-3-7-15-12/h1-7H,9H2,(H,14,15,16). The van der Waals surface area contributed by atoms with E-state index in [-0.39, 0.29) is 0 Å². The van der Waals surface area contributed by atoms with Gasteiger partial charge in [-0.2, -0.15) is 5.26 Å². The van der Waals surface area contributed by atoms with Crippen LogP contribution >= 0.6 is 0 Å². The Morgan fingerprint density at radius 3 is 2.62 bits per heavy atom. The molecule has 0 unspecified atom stereocenters. The molecule has 0 fully saturated rings. The first kappa shape index (κ1) is 10.1. The van der Waals surface area contributed by atoms with Gasteiger partial charge in [0.05, 0.1) is 11.6 Å². The molecule has 0 atom stereocenters. The summed E-state index contributed by atoms with van der Waals surface area (Å²) in [5.74, 6) is 0.565. The topological polar surface area (TPSA) is 61.6 Å². The molecule has 1 aromatic heterocycles. The van der Waals surface area contributed by atoms with Crippen LogP contribution in [0, 0.1) is 11.3 Å². The lowest BCUT2D eigenvalue weighted by atomic mass is 10.1. The number of anilines is 1. The molecule has 2 rings (SSSR count).